The van der Waals surface area contributed by atoms with E-state index in [1.165, 1.54) is 39.0 Å². The van der Waals surface area contributed by atoms with Crippen molar-refractivity contribution < 1.29 is 87.0 Å². The first-order valence-corrected chi connectivity index (χ1v) is 18.2. The Morgan fingerprint density at radius 3 is 1.15 bits per heavy atom. The quantitative estimate of drug-likeness (QED) is 0.104. The second kappa shape index (κ2) is 13.8. The third-order valence-electron chi connectivity index (χ3n) is 7.80. The fraction of sp³-hybridized carbons (Fsp3) is 0.769. The van der Waals surface area contributed by atoms with Crippen molar-refractivity contribution in [2.24, 2.45) is 0 Å². The molecule has 0 aliphatic heterocycles. The summed E-state index contributed by atoms with van der Waals surface area (Å²) in [5.74, 6) is -52.0. The van der Waals surface area contributed by atoms with Crippen LogP contribution in [0.1, 0.15) is 59.3 Å². The molecule has 0 spiro atoms. The summed E-state index contributed by atoms with van der Waals surface area (Å²) >= 11 is 0. The van der Waals surface area contributed by atoms with Gasteiger partial charge in [0.2, 0.25) is 0 Å². The van der Waals surface area contributed by atoms with Crippen molar-refractivity contribution in [3.63, 3.8) is 0 Å². The molecule has 1 rings (SSSR count). The standard InChI is InChI=1S/C26H32F17O3PS/c1-4-7-15-47(16-8-5-2,17-9-6-3,18-13-11-10-12-14-18)46-48(44,45)26(42,43)24(37,38)22(33,34)20(29,30)19(27,28)21(31,32)23(35,36)25(39,40)41/h10-14H,4-9,15-17H2,1-3H3. The van der Waals surface area contributed by atoms with Crippen LogP contribution in [0, 0.1) is 0 Å². The molecule has 48 heavy (non-hydrogen) atoms. The van der Waals surface area contributed by atoms with E-state index >= 15 is 8.78 Å². The summed E-state index contributed by atoms with van der Waals surface area (Å²) < 4.78 is 268. The number of hydrogen-bond donors (Lipinski definition) is 0. The van der Waals surface area contributed by atoms with Crippen molar-refractivity contribution in [1.82, 2.24) is 0 Å². The zero-order chi connectivity index (χ0) is 38.1. The summed E-state index contributed by atoms with van der Waals surface area (Å²) in [7, 11) is -7.75. The van der Waals surface area contributed by atoms with E-state index in [1.54, 1.807) is 0 Å². The molecule has 0 saturated carbocycles. The van der Waals surface area contributed by atoms with E-state index in [9.17, 15) is 74.3 Å². The summed E-state index contributed by atoms with van der Waals surface area (Å²) in [6, 6.07) is 6.08. The van der Waals surface area contributed by atoms with Crippen LogP contribution in [0.5, 0.6) is 0 Å². The summed E-state index contributed by atoms with van der Waals surface area (Å²) in [4.78, 5) is 0. The van der Waals surface area contributed by atoms with E-state index < -0.39 is 82.4 Å². The average Bonchev–Trinajstić information content (AvgIpc) is 2.97. The van der Waals surface area contributed by atoms with Gasteiger partial charge in [0.1, 0.15) is 0 Å². The molecule has 22 heteroatoms. The van der Waals surface area contributed by atoms with Gasteiger partial charge in [0.05, 0.1) is 0 Å². The molecule has 0 fully saturated rings. The molecule has 3 nitrogen and oxygen atoms in total. The molecule has 1 aromatic carbocycles. The normalized spacial score (nSPS) is 16.1. The molecule has 0 aliphatic rings. The van der Waals surface area contributed by atoms with Crippen LogP contribution < -0.4 is 5.30 Å². The van der Waals surface area contributed by atoms with E-state index in [4.69, 9.17) is 3.97 Å². The van der Waals surface area contributed by atoms with Crippen LogP contribution in [0.15, 0.2) is 30.3 Å². The van der Waals surface area contributed by atoms with E-state index in [-0.39, 0.29) is 43.8 Å². The first kappa shape index (κ1) is 44.4. The van der Waals surface area contributed by atoms with Crippen molar-refractivity contribution >= 4 is 22.3 Å². The monoisotopic (exact) mass is 778 g/mol. The summed E-state index contributed by atoms with van der Waals surface area (Å²) in [5.41, 5.74) is 0. The molecule has 0 saturated heterocycles. The van der Waals surface area contributed by atoms with Gasteiger partial charge in [-0.25, -0.2) is 0 Å². The molecule has 284 valence electrons. The average molecular weight is 779 g/mol. The Hall–Kier alpha value is -1.63. The number of benzene rings is 1. The summed E-state index contributed by atoms with van der Waals surface area (Å²) in [5, 5.41) is -7.91. The maximum absolute atomic E-state index is 15.3. The predicted octanol–water partition coefficient (Wildman–Crippen LogP) is 10.5. The Morgan fingerprint density at radius 1 is 0.521 bits per heavy atom. The van der Waals surface area contributed by atoms with Crippen LogP contribution in [-0.2, 0) is 14.1 Å². The molecule has 0 amide bonds. The van der Waals surface area contributed by atoms with E-state index in [2.05, 4.69) is 0 Å². The van der Waals surface area contributed by atoms with Crippen molar-refractivity contribution in [2.45, 2.75) is 106 Å². The van der Waals surface area contributed by atoms with Gasteiger partial charge in [0, 0.05) is 0 Å². The number of rotatable bonds is 19. The first-order valence-electron chi connectivity index (χ1n) is 14.1. The third kappa shape index (κ3) is 6.73. The van der Waals surface area contributed by atoms with E-state index in [0.29, 0.717) is 0 Å². The zero-order valence-electron chi connectivity index (χ0n) is 25.3. The van der Waals surface area contributed by atoms with Crippen molar-refractivity contribution in [2.75, 3.05) is 18.5 Å². The van der Waals surface area contributed by atoms with Gasteiger partial charge >= 0.3 is 264 Å². The van der Waals surface area contributed by atoms with Crippen molar-refractivity contribution in [3.05, 3.63) is 30.3 Å². The fourth-order valence-corrected chi connectivity index (χ4v) is 14.5. The molecule has 0 aliphatic carbocycles. The van der Waals surface area contributed by atoms with Gasteiger partial charge in [0.15, 0.2) is 0 Å². The second-order valence-corrected chi connectivity index (χ2v) is 18.3. The Bertz CT molecular complexity index is 1310. The maximum atomic E-state index is 15.3. The molecule has 0 radical (unpaired) electrons. The van der Waals surface area contributed by atoms with Gasteiger partial charge < -0.3 is 0 Å². The van der Waals surface area contributed by atoms with Crippen molar-refractivity contribution in [1.29, 1.82) is 0 Å². The van der Waals surface area contributed by atoms with Crippen LogP contribution in [0.3, 0.4) is 0 Å². The molecule has 0 aromatic heterocycles. The van der Waals surface area contributed by atoms with Crippen LogP contribution >= 0.6 is 6.83 Å². The third-order valence-corrected chi connectivity index (χ3v) is 16.7. The predicted molar refractivity (Wildman–Crippen MR) is 143 cm³/mol. The molecule has 0 heterocycles. The SMILES string of the molecule is CCCCP(CCCC)(CCCC)(OS(=O)(=O)C(F)(F)C(F)(F)C(F)(F)C(F)(F)C(F)(F)C(F)(F)C(F)(F)C(F)(F)F)c1ccccc1. The van der Waals surface area contributed by atoms with Gasteiger partial charge in [-0.1, -0.05) is 0 Å². The van der Waals surface area contributed by atoms with E-state index in [0.717, 1.165) is 12.1 Å². The van der Waals surface area contributed by atoms with Crippen LogP contribution in [0.25, 0.3) is 0 Å². The molecule has 0 bridgehead atoms. The molecule has 0 N–H and O–H groups in total. The summed E-state index contributed by atoms with van der Waals surface area (Å²) in [6.45, 7) is -0.650. The fourth-order valence-electron chi connectivity index (χ4n) is 4.87. The Morgan fingerprint density at radius 2 is 0.833 bits per heavy atom. The van der Waals surface area contributed by atoms with Crippen molar-refractivity contribution in [3.8, 4) is 0 Å². The second-order valence-electron chi connectivity index (χ2n) is 11.2. The van der Waals surface area contributed by atoms with Gasteiger partial charge in [-0.15, -0.1) is 0 Å². The molecular weight excluding hydrogens is 746 g/mol. The minimum absolute atomic E-state index is 0.0828. The van der Waals surface area contributed by atoms with Gasteiger partial charge in [-0.05, 0) is 0 Å². The molecular formula is C26H32F17O3PS. The van der Waals surface area contributed by atoms with Crippen LogP contribution in [0.2, 0.25) is 0 Å². The summed E-state index contributed by atoms with van der Waals surface area (Å²) in [6.07, 6.45) is -9.17. The first-order chi connectivity index (χ1) is 21.3. The number of unbranched alkanes of at least 4 members (excludes halogenated alkanes) is 3. The van der Waals surface area contributed by atoms with E-state index in [1.807, 2.05) is 0 Å². The Labute approximate surface area is 264 Å². The zero-order valence-corrected chi connectivity index (χ0v) is 27.0. The minimum atomic E-state index is -8.90. The molecule has 1 aromatic rings. The van der Waals surface area contributed by atoms with Gasteiger partial charge in [0.25, 0.3) is 0 Å². The Kier molecular flexibility index (Phi) is 12.8. The molecule has 0 unspecified atom stereocenters. The topological polar surface area (TPSA) is 43.4 Å². The molecule has 0 atom stereocenters. The van der Waals surface area contributed by atoms with Crippen LogP contribution in [0.4, 0.5) is 74.6 Å². The van der Waals surface area contributed by atoms with Crippen LogP contribution in [-0.4, -0.2) is 73.9 Å². The van der Waals surface area contributed by atoms with Gasteiger partial charge in [-0.3, -0.25) is 0 Å². The Balaban J connectivity index is 4.11. The number of alkyl halides is 17. The van der Waals surface area contributed by atoms with Gasteiger partial charge in [-0.2, -0.15) is 0 Å². The number of halogens is 17. The number of hydrogen-bond acceptors (Lipinski definition) is 3.